The Morgan fingerprint density at radius 1 is 1.18 bits per heavy atom. The fourth-order valence-corrected chi connectivity index (χ4v) is 1.87. The molecule has 3 aromatic rings. The molecule has 84 valence electrons. The quantitative estimate of drug-likeness (QED) is 0.693. The number of H-pyrrole nitrogens is 1. The zero-order valence-corrected chi connectivity index (χ0v) is 9.44. The lowest BCUT2D eigenvalue weighted by Gasteiger charge is -1.98. The van der Waals surface area contributed by atoms with Crippen LogP contribution in [0.4, 0.5) is 0 Å². The highest BCUT2D eigenvalue weighted by molar-refractivity contribution is 6.34. The van der Waals surface area contributed by atoms with E-state index in [1.54, 1.807) is 30.5 Å². The molecule has 0 fully saturated rings. The maximum atomic E-state index is 9.75. The maximum Gasteiger partial charge on any atom is 0.179 e. The fraction of sp³-hybridized carbons (Fsp3) is 0. The first-order valence-corrected chi connectivity index (χ1v) is 5.42. The van der Waals surface area contributed by atoms with Crippen molar-refractivity contribution in [2.24, 2.45) is 0 Å². The van der Waals surface area contributed by atoms with Gasteiger partial charge in [-0.15, -0.1) is 0 Å². The van der Waals surface area contributed by atoms with Gasteiger partial charge in [-0.25, -0.2) is 9.97 Å². The molecule has 0 aliphatic carbocycles. The molecule has 0 radical (unpaired) electrons. The van der Waals surface area contributed by atoms with Crippen molar-refractivity contribution in [3.05, 3.63) is 41.6 Å². The summed E-state index contributed by atoms with van der Waals surface area (Å²) < 4.78 is 0. The van der Waals surface area contributed by atoms with E-state index < -0.39 is 0 Å². The van der Waals surface area contributed by atoms with Crippen LogP contribution in [-0.4, -0.2) is 20.1 Å². The first-order valence-electron chi connectivity index (χ1n) is 5.04. The van der Waals surface area contributed by atoms with Crippen LogP contribution in [0.3, 0.4) is 0 Å². The molecule has 0 unspecified atom stereocenters. The van der Waals surface area contributed by atoms with Crippen LogP contribution in [0.1, 0.15) is 0 Å². The van der Waals surface area contributed by atoms with Gasteiger partial charge in [0.15, 0.2) is 5.65 Å². The summed E-state index contributed by atoms with van der Waals surface area (Å²) in [5.41, 5.74) is 1.84. The van der Waals surface area contributed by atoms with E-state index in [0.29, 0.717) is 27.6 Å². The van der Waals surface area contributed by atoms with Gasteiger partial charge in [0, 0.05) is 6.20 Å². The van der Waals surface area contributed by atoms with Gasteiger partial charge in [0.05, 0.1) is 10.6 Å². The summed E-state index contributed by atoms with van der Waals surface area (Å²) in [4.78, 5) is 11.5. The van der Waals surface area contributed by atoms with E-state index in [2.05, 4.69) is 15.0 Å². The van der Waals surface area contributed by atoms with E-state index in [-0.39, 0.29) is 5.75 Å². The molecule has 4 nitrogen and oxygen atoms in total. The summed E-state index contributed by atoms with van der Waals surface area (Å²) in [5, 5.41) is 10.3. The normalized spacial score (nSPS) is 10.9. The average Bonchev–Trinajstić information content (AvgIpc) is 2.75. The lowest BCUT2D eigenvalue weighted by atomic mass is 10.2. The number of rotatable bonds is 1. The SMILES string of the molecule is Oc1ccccc1-c1nc2nccc(Cl)c2[nH]1. The van der Waals surface area contributed by atoms with Crippen molar-refractivity contribution in [3.8, 4) is 17.1 Å². The molecule has 17 heavy (non-hydrogen) atoms. The average molecular weight is 246 g/mol. The van der Waals surface area contributed by atoms with Crippen LogP contribution in [0.25, 0.3) is 22.6 Å². The second-order valence-corrected chi connectivity index (χ2v) is 4.00. The largest absolute Gasteiger partial charge is 0.507 e. The number of imidazole rings is 1. The van der Waals surface area contributed by atoms with Gasteiger partial charge in [0.1, 0.15) is 17.1 Å². The zero-order chi connectivity index (χ0) is 11.8. The number of aromatic amines is 1. The molecule has 0 bridgehead atoms. The van der Waals surface area contributed by atoms with E-state index in [0.717, 1.165) is 0 Å². The number of halogens is 1. The Balaban J connectivity index is 2.26. The van der Waals surface area contributed by atoms with E-state index in [1.807, 2.05) is 6.07 Å². The molecule has 0 aliphatic rings. The van der Waals surface area contributed by atoms with Gasteiger partial charge in [0.2, 0.25) is 0 Å². The van der Waals surface area contributed by atoms with Crippen molar-refractivity contribution in [1.82, 2.24) is 15.0 Å². The third-order valence-electron chi connectivity index (χ3n) is 2.50. The van der Waals surface area contributed by atoms with Crippen LogP contribution in [0, 0.1) is 0 Å². The third kappa shape index (κ3) is 1.62. The van der Waals surface area contributed by atoms with Crippen molar-refractivity contribution >= 4 is 22.8 Å². The Bertz CT molecular complexity index is 693. The van der Waals surface area contributed by atoms with Crippen LogP contribution < -0.4 is 0 Å². The molecular weight excluding hydrogens is 238 g/mol. The number of phenols is 1. The highest BCUT2D eigenvalue weighted by Gasteiger charge is 2.11. The zero-order valence-electron chi connectivity index (χ0n) is 8.68. The molecule has 2 N–H and O–H groups in total. The van der Waals surface area contributed by atoms with E-state index in [1.165, 1.54) is 0 Å². The van der Waals surface area contributed by atoms with E-state index in [4.69, 9.17) is 11.6 Å². The fourth-order valence-electron chi connectivity index (χ4n) is 1.68. The first kappa shape index (κ1) is 10.1. The lowest BCUT2D eigenvalue weighted by molar-refractivity contribution is 0.477. The molecule has 0 spiro atoms. The topological polar surface area (TPSA) is 61.8 Å². The second kappa shape index (κ2) is 3.75. The van der Waals surface area contributed by atoms with Crippen LogP contribution in [0.2, 0.25) is 5.02 Å². The minimum Gasteiger partial charge on any atom is -0.507 e. The molecule has 0 atom stereocenters. The number of hydrogen-bond donors (Lipinski definition) is 2. The van der Waals surface area contributed by atoms with Crippen molar-refractivity contribution < 1.29 is 5.11 Å². The van der Waals surface area contributed by atoms with Gasteiger partial charge in [0.25, 0.3) is 0 Å². The Labute approximate surface area is 102 Å². The van der Waals surface area contributed by atoms with Gasteiger partial charge in [-0.05, 0) is 18.2 Å². The minimum absolute atomic E-state index is 0.169. The Morgan fingerprint density at radius 2 is 2.00 bits per heavy atom. The summed E-state index contributed by atoms with van der Waals surface area (Å²) in [6.45, 7) is 0. The number of aromatic nitrogens is 3. The standard InChI is InChI=1S/C12H8ClN3O/c13-8-5-6-14-12-10(8)15-11(16-12)7-3-1-2-4-9(7)17/h1-6,17H,(H,14,15,16). The van der Waals surface area contributed by atoms with E-state index in [9.17, 15) is 5.11 Å². The molecule has 5 heteroatoms. The summed E-state index contributed by atoms with van der Waals surface area (Å²) in [6, 6.07) is 8.67. The van der Waals surface area contributed by atoms with Crippen LogP contribution in [0.15, 0.2) is 36.5 Å². The molecular formula is C12H8ClN3O. The molecule has 0 amide bonds. The number of hydrogen-bond acceptors (Lipinski definition) is 3. The predicted octanol–water partition coefficient (Wildman–Crippen LogP) is 2.98. The number of phenolic OH excluding ortho intramolecular Hbond substituents is 1. The lowest BCUT2D eigenvalue weighted by Crippen LogP contribution is -1.80. The van der Waals surface area contributed by atoms with Crippen LogP contribution >= 0.6 is 11.6 Å². The van der Waals surface area contributed by atoms with Gasteiger partial charge in [-0.3, -0.25) is 0 Å². The van der Waals surface area contributed by atoms with Crippen molar-refractivity contribution in [3.63, 3.8) is 0 Å². The number of pyridine rings is 1. The van der Waals surface area contributed by atoms with Crippen molar-refractivity contribution in [2.75, 3.05) is 0 Å². The summed E-state index contributed by atoms with van der Waals surface area (Å²) in [7, 11) is 0. The molecule has 2 heterocycles. The number of nitrogens with one attached hydrogen (secondary N) is 1. The summed E-state index contributed by atoms with van der Waals surface area (Å²) in [6.07, 6.45) is 1.60. The highest BCUT2D eigenvalue weighted by atomic mass is 35.5. The third-order valence-corrected chi connectivity index (χ3v) is 2.82. The number of nitrogens with zero attached hydrogens (tertiary/aromatic N) is 2. The summed E-state index contributed by atoms with van der Waals surface area (Å²) >= 11 is 6.02. The smallest absolute Gasteiger partial charge is 0.179 e. The molecule has 2 aromatic heterocycles. The van der Waals surface area contributed by atoms with E-state index >= 15 is 0 Å². The molecule has 3 rings (SSSR count). The van der Waals surface area contributed by atoms with Crippen molar-refractivity contribution in [2.45, 2.75) is 0 Å². The molecule has 0 saturated carbocycles. The summed E-state index contributed by atoms with van der Waals surface area (Å²) in [5.74, 6) is 0.723. The second-order valence-electron chi connectivity index (χ2n) is 3.59. The van der Waals surface area contributed by atoms with Crippen molar-refractivity contribution in [1.29, 1.82) is 0 Å². The maximum absolute atomic E-state index is 9.75. The van der Waals surface area contributed by atoms with Gasteiger partial charge in [-0.1, -0.05) is 23.7 Å². The Morgan fingerprint density at radius 3 is 2.76 bits per heavy atom. The minimum atomic E-state index is 0.169. The van der Waals surface area contributed by atoms with Crippen LogP contribution in [0.5, 0.6) is 5.75 Å². The van der Waals surface area contributed by atoms with Gasteiger partial charge in [-0.2, -0.15) is 0 Å². The molecule has 1 aromatic carbocycles. The monoisotopic (exact) mass is 245 g/mol. The number of fused-ring (bicyclic) bond motifs is 1. The number of aromatic hydroxyl groups is 1. The predicted molar refractivity (Wildman–Crippen MR) is 66.0 cm³/mol. The Hall–Kier alpha value is -2.07. The van der Waals surface area contributed by atoms with Gasteiger partial charge >= 0.3 is 0 Å². The van der Waals surface area contributed by atoms with Gasteiger partial charge < -0.3 is 10.1 Å². The highest BCUT2D eigenvalue weighted by Crippen LogP contribution is 2.29. The number of benzene rings is 1. The Kier molecular flexibility index (Phi) is 2.23. The molecule has 0 saturated heterocycles. The number of para-hydroxylation sites is 1. The molecule has 0 aliphatic heterocycles. The van der Waals surface area contributed by atoms with Crippen LogP contribution in [-0.2, 0) is 0 Å². The first-order chi connectivity index (χ1) is 8.25.